The molecule has 0 radical (unpaired) electrons. The second-order valence-electron chi connectivity index (χ2n) is 5.48. The molecule has 1 aromatic rings. The van der Waals surface area contributed by atoms with Gasteiger partial charge in [-0.15, -0.1) is 0 Å². The fourth-order valence-electron chi connectivity index (χ4n) is 2.29. The maximum atomic E-state index is 13.6. The van der Waals surface area contributed by atoms with Crippen LogP contribution in [0.3, 0.4) is 0 Å². The molecule has 0 aliphatic carbocycles. The van der Waals surface area contributed by atoms with Crippen molar-refractivity contribution in [2.24, 2.45) is 5.41 Å². The van der Waals surface area contributed by atoms with Gasteiger partial charge >= 0.3 is 0 Å². The van der Waals surface area contributed by atoms with Crippen molar-refractivity contribution in [3.63, 3.8) is 0 Å². The molecule has 16 heavy (non-hydrogen) atoms. The second-order valence-corrected chi connectivity index (χ2v) is 5.48. The van der Waals surface area contributed by atoms with Gasteiger partial charge in [0.2, 0.25) is 0 Å². The summed E-state index contributed by atoms with van der Waals surface area (Å²) < 4.78 is 13.6. The lowest BCUT2D eigenvalue weighted by molar-refractivity contribution is 0.281. The Morgan fingerprint density at radius 2 is 2.19 bits per heavy atom. The van der Waals surface area contributed by atoms with Crippen LogP contribution >= 0.6 is 0 Å². The van der Waals surface area contributed by atoms with Gasteiger partial charge in [0, 0.05) is 24.3 Å². The van der Waals surface area contributed by atoms with E-state index in [2.05, 4.69) is 18.7 Å². The molecule has 0 atom stereocenters. The molecule has 2 rings (SSSR count). The van der Waals surface area contributed by atoms with Crippen LogP contribution in [0.25, 0.3) is 0 Å². The van der Waals surface area contributed by atoms with E-state index in [0.29, 0.717) is 17.6 Å². The van der Waals surface area contributed by atoms with Gasteiger partial charge < -0.3 is 5.73 Å². The lowest BCUT2D eigenvalue weighted by atomic mass is 9.93. The molecule has 1 saturated heterocycles. The number of nitrogens with two attached hydrogens (primary N) is 1. The third-order valence-corrected chi connectivity index (χ3v) is 3.23. The minimum Gasteiger partial charge on any atom is -0.399 e. The van der Waals surface area contributed by atoms with E-state index in [-0.39, 0.29) is 5.82 Å². The number of benzene rings is 1. The van der Waals surface area contributed by atoms with Gasteiger partial charge in [-0.05, 0) is 30.5 Å². The molecule has 1 aromatic carbocycles. The summed E-state index contributed by atoms with van der Waals surface area (Å²) >= 11 is 0. The number of nitrogen functional groups attached to an aromatic ring is 1. The molecule has 2 N–H and O–H groups in total. The zero-order valence-corrected chi connectivity index (χ0v) is 9.96. The van der Waals surface area contributed by atoms with Crippen molar-refractivity contribution in [1.29, 1.82) is 0 Å². The van der Waals surface area contributed by atoms with Gasteiger partial charge in [-0.25, -0.2) is 4.39 Å². The minimum absolute atomic E-state index is 0.190. The summed E-state index contributed by atoms with van der Waals surface area (Å²) in [6.45, 7) is 7.29. The van der Waals surface area contributed by atoms with Crippen LogP contribution in [0, 0.1) is 11.2 Å². The SMILES string of the molecule is CC1(C)CCN(Cc2ccc(N)cc2F)C1. The largest absolute Gasteiger partial charge is 0.399 e. The molecular formula is C13H19FN2. The average molecular weight is 222 g/mol. The van der Waals surface area contributed by atoms with Gasteiger partial charge in [0.15, 0.2) is 0 Å². The lowest BCUT2D eigenvalue weighted by Gasteiger charge is -2.19. The number of halogens is 1. The van der Waals surface area contributed by atoms with Crippen molar-refractivity contribution in [1.82, 2.24) is 4.90 Å². The Labute approximate surface area is 96.2 Å². The van der Waals surface area contributed by atoms with E-state index in [0.717, 1.165) is 18.7 Å². The highest BCUT2D eigenvalue weighted by Crippen LogP contribution is 2.30. The third kappa shape index (κ3) is 2.53. The molecule has 1 heterocycles. The number of anilines is 1. The quantitative estimate of drug-likeness (QED) is 0.779. The van der Waals surface area contributed by atoms with Gasteiger partial charge in [0.1, 0.15) is 5.82 Å². The van der Waals surface area contributed by atoms with Crippen LogP contribution in [0.2, 0.25) is 0 Å². The first-order valence-electron chi connectivity index (χ1n) is 5.73. The number of nitrogens with zero attached hydrogens (tertiary/aromatic N) is 1. The van der Waals surface area contributed by atoms with Crippen LogP contribution in [0.1, 0.15) is 25.8 Å². The van der Waals surface area contributed by atoms with Crippen LogP contribution in [0.4, 0.5) is 10.1 Å². The van der Waals surface area contributed by atoms with E-state index in [9.17, 15) is 4.39 Å². The van der Waals surface area contributed by atoms with Gasteiger partial charge in [-0.2, -0.15) is 0 Å². The fraction of sp³-hybridized carbons (Fsp3) is 0.538. The molecule has 1 aliphatic rings. The van der Waals surface area contributed by atoms with Crippen molar-refractivity contribution in [2.75, 3.05) is 18.8 Å². The number of rotatable bonds is 2. The van der Waals surface area contributed by atoms with Crippen molar-refractivity contribution in [3.05, 3.63) is 29.6 Å². The highest BCUT2D eigenvalue weighted by molar-refractivity contribution is 5.40. The van der Waals surface area contributed by atoms with Gasteiger partial charge in [0.25, 0.3) is 0 Å². The molecule has 1 fully saturated rings. The van der Waals surface area contributed by atoms with Gasteiger partial charge in [-0.1, -0.05) is 19.9 Å². The highest BCUT2D eigenvalue weighted by Gasteiger charge is 2.29. The van der Waals surface area contributed by atoms with Crippen molar-refractivity contribution < 1.29 is 4.39 Å². The summed E-state index contributed by atoms with van der Waals surface area (Å²) in [5, 5.41) is 0. The molecule has 0 saturated carbocycles. The fourth-order valence-corrected chi connectivity index (χ4v) is 2.29. The summed E-state index contributed by atoms with van der Waals surface area (Å²) in [5.74, 6) is -0.190. The first kappa shape index (κ1) is 11.4. The van der Waals surface area contributed by atoms with Crippen molar-refractivity contribution in [3.8, 4) is 0 Å². The number of likely N-dealkylation sites (tertiary alicyclic amines) is 1. The molecule has 3 heteroatoms. The molecule has 0 unspecified atom stereocenters. The first-order valence-corrected chi connectivity index (χ1v) is 5.73. The Kier molecular flexibility index (Phi) is 2.89. The van der Waals surface area contributed by atoms with Gasteiger partial charge in [-0.3, -0.25) is 4.90 Å². The number of hydrogen-bond acceptors (Lipinski definition) is 2. The van der Waals surface area contributed by atoms with Crippen LogP contribution in [-0.4, -0.2) is 18.0 Å². The lowest BCUT2D eigenvalue weighted by Crippen LogP contribution is -2.23. The molecule has 0 spiro atoms. The van der Waals surface area contributed by atoms with Crippen LogP contribution in [-0.2, 0) is 6.54 Å². The zero-order valence-electron chi connectivity index (χ0n) is 9.96. The van der Waals surface area contributed by atoms with Crippen LogP contribution in [0.15, 0.2) is 18.2 Å². The van der Waals surface area contributed by atoms with E-state index in [1.165, 1.54) is 12.5 Å². The third-order valence-electron chi connectivity index (χ3n) is 3.23. The Hall–Kier alpha value is -1.09. The predicted octanol–water partition coefficient (Wildman–Crippen LogP) is 2.64. The summed E-state index contributed by atoms with van der Waals surface area (Å²) in [5.41, 5.74) is 7.12. The second kappa shape index (κ2) is 4.06. The maximum Gasteiger partial charge on any atom is 0.129 e. The highest BCUT2D eigenvalue weighted by atomic mass is 19.1. The van der Waals surface area contributed by atoms with E-state index >= 15 is 0 Å². The van der Waals surface area contributed by atoms with Crippen molar-refractivity contribution in [2.45, 2.75) is 26.8 Å². The molecular weight excluding hydrogens is 203 g/mol. The van der Waals surface area contributed by atoms with Crippen LogP contribution < -0.4 is 5.73 Å². The van der Waals surface area contributed by atoms with Crippen LogP contribution in [0.5, 0.6) is 0 Å². The number of hydrogen-bond donors (Lipinski definition) is 1. The Bertz CT molecular complexity index is 388. The minimum atomic E-state index is -0.190. The molecule has 0 bridgehead atoms. The molecule has 1 aliphatic heterocycles. The molecule has 0 aromatic heterocycles. The monoisotopic (exact) mass is 222 g/mol. The summed E-state index contributed by atoms with van der Waals surface area (Å²) in [4.78, 5) is 2.30. The standard InChI is InChI=1S/C13H19FN2/c1-13(2)5-6-16(9-13)8-10-3-4-11(15)7-12(10)14/h3-4,7H,5-6,8-9,15H2,1-2H3. The first-order chi connectivity index (χ1) is 7.46. The molecule has 2 nitrogen and oxygen atoms in total. The molecule has 88 valence electrons. The van der Waals surface area contributed by atoms with E-state index in [1.807, 2.05) is 0 Å². The van der Waals surface area contributed by atoms with Crippen molar-refractivity contribution >= 4 is 5.69 Å². The summed E-state index contributed by atoms with van der Waals surface area (Å²) in [6, 6.07) is 4.95. The van der Waals surface area contributed by atoms with E-state index < -0.39 is 0 Å². The topological polar surface area (TPSA) is 29.3 Å². The normalized spacial score (nSPS) is 20.2. The smallest absolute Gasteiger partial charge is 0.129 e. The van der Waals surface area contributed by atoms with E-state index in [4.69, 9.17) is 5.73 Å². The van der Waals surface area contributed by atoms with Gasteiger partial charge in [0.05, 0.1) is 0 Å². The zero-order chi connectivity index (χ0) is 11.8. The maximum absolute atomic E-state index is 13.6. The molecule has 0 amide bonds. The predicted molar refractivity (Wildman–Crippen MR) is 64.5 cm³/mol. The Morgan fingerprint density at radius 1 is 1.44 bits per heavy atom. The average Bonchev–Trinajstić information content (AvgIpc) is 2.51. The summed E-state index contributed by atoms with van der Waals surface area (Å²) in [7, 11) is 0. The van der Waals surface area contributed by atoms with E-state index in [1.54, 1.807) is 12.1 Å². The summed E-state index contributed by atoms with van der Waals surface area (Å²) in [6.07, 6.45) is 1.18. The Balaban J connectivity index is 2.05. The Morgan fingerprint density at radius 3 is 2.75 bits per heavy atom.